The molecule has 1 heterocycles. The number of nitrogens with zero attached hydrogens (tertiary/aromatic N) is 1. The van der Waals surface area contributed by atoms with Crippen molar-refractivity contribution in [3.05, 3.63) is 35.4 Å². The zero-order chi connectivity index (χ0) is 13.0. The van der Waals surface area contributed by atoms with Crippen molar-refractivity contribution in [3.63, 3.8) is 0 Å². The van der Waals surface area contributed by atoms with E-state index >= 15 is 0 Å². The van der Waals surface area contributed by atoms with Gasteiger partial charge in [-0.3, -0.25) is 4.79 Å². The predicted octanol–water partition coefficient (Wildman–Crippen LogP) is 2.49. The van der Waals surface area contributed by atoms with Crippen LogP contribution in [0, 0.1) is 12.8 Å². The Labute approximate surface area is 121 Å². The average Bonchev–Trinajstić information content (AvgIpc) is 2.40. The summed E-state index contributed by atoms with van der Waals surface area (Å²) in [6, 6.07) is 7.84. The highest BCUT2D eigenvalue weighted by Crippen LogP contribution is 2.19. The quantitative estimate of drug-likeness (QED) is 0.924. The van der Waals surface area contributed by atoms with Crippen molar-refractivity contribution in [2.75, 3.05) is 26.7 Å². The second-order valence-electron chi connectivity index (χ2n) is 5.11. The van der Waals surface area contributed by atoms with E-state index in [1.165, 1.54) is 0 Å². The van der Waals surface area contributed by atoms with Gasteiger partial charge in [-0.2, -0.15) is 0 Å². The molecule has 1 amide bonds. The lowest BCUT2D eigenvalue weighted by Gasteiger charge is -2.32. The molecular weight excluding hydrogens is 260 g/mol. The number of benzene rings is 1. The van der Waals surface area contributed by atoms with Gasteiger partial charge in [-0.25, -0.2) is 0 Å². The molecule has 4 heteroatoms. The van der Waals surface area contributed by atoms with Gasteiger partial charge < -0.3 is 10.2 Å². The summed E-state index contributed by atoms with van der Waals surface area (Å²) in [5.41, 5.74) is 1.92. The summed E-state index contributed by atoms with van der Waals surface area (Å²) in [5, 5.41) is 3.22. The Morgan fingerprint density at radius 2 is 1.95 bits per heavy atom. The number of hydrogen-bond acceptors (Lipinski definition) is 2. The van der Waals surface area contributed by atoms with Crippen molar-refractivity contribution < 1.29 is 4.79 Å². The van der Waals surface area contributed by atoms with Gasteiger partial charge >= 0.3 is 0 Å². The van der Waals surface area contributed by atoms with Crippen LogP contribution in [0.2, 0.25) is 0 Å². The topological polar surface area (TPSA) is 32.3 Å². The average molecular weight is 283 g/mol. The number of carbonyl (C=O) groups is 1. The molecule has 0 spiro atoms. The maximum absolute atomic E-state index is 12.4. The van der Waals surface area contributed by atoms with Crippen LogP contribution in [0.15, 0.2) is 24.3 Å². The summed E-state index contributed by atoms with van der Waals surface area (Å²) in [5.74, 6) is 0.909. The zero-order valence-electron chi connectivity index (χ0n) is 11.7. The number of halogens is 1. The summed E-state index contributed by atoms with van der Waals surface area (Å²) in [7, 11) is 1.99. The minimum absolute atomic E-state index is 0. The maximum Gasteiger partial charge on any atom is 0.254 e. The van der Waals surface area contributed by atoms with Crippen LogP contribution >= 0.6 is 12.4 Å². The first-order chi connectivity index (χ1) is 8.72. The van der Waals surface area contributed by atoms with E-state index in [0.29, 0.717) is 0 Å². The fourth-order valence-corrected chi connectivity index (χ4v) is 2.61. The van der Waals surface area contributed by atoms with E-state index in [0.717, 1.165) is 49.5 Å². The number of piperidine rings is 1. The lowest BCUT2D eigenvalue weighted by Crippen LogP contribution is -2.40. The molecule has 1 saturated heterocycles. The van der Waals surface area contributed by atoms with Crippen LogP contribution in [0.3, 0.4) is 0 Å². The first-order valence-corrected chi connectivity index (χ1v) is 6.72. The van der Waals surface area contributed by atoms with Crippen molar-refractivity contribution in [2.45, 2.75) is 19.8 Å². The number of rotatable bonds is 3. The Bertz CT molecular complexity index is 414. The molecule has 1 aromatic carbocycles. The number of nitrogens with one attached hydrogen (secondary N) is 1. The lowest BCUT2D eigenvalue weighted by molar-refractivity contribution is 0.0690. The van der Waals surface area contributed by atoms with Crippen molar-refractivity contribution in [2.24, 2.45) is 5.92 Å². The summed E-state index contributed by atoms with van der Waals surface area (Å²) in [6.45, 7) is 4.84. The smallest absolute Gasteiger partial charge is 0.254 e. The largest absolute Gasteiger partial charge is 0.339 e. The van der Waals surface area contributed by atoms with Crippen LogP contribution < -0.4 is 5.32 Å². The number of hydrogen-bond donors (Lipinski definition) is 1. The van der Waals surface area contributed by atoms with Crippen LogP contribution in [0.5, 0.6) is 0 Å². The van der Waals surface area contributed by atoms with Gasteiger partial charge in [-0.05, 0) is 50.9 Å². The number of amides is 1. The molecule has 2 rings (SSSR count). The Balaban J connectivity index is 0.00000180. The fourth-order valence-electron chi connectivity index (χ4n) is 2.61. The fraction of sp³-hybridized carbons (Fsp3) is 0.533. The van der Waals surface area contributed by atoms with Gasteiger partial charge in [0.25, 0.3) is 5.91 Å². The molecule has 3 nitrogen and oxygen atoms in total. The molecule has 19 heavy (non-hydrogen) atoms. The molecule has 0 unspecified atom stereocenters. The van der Waals surface area contributed by atoms with E-state index in [1.54, 1.807) is 0 Å². The molecule has 0 aliphatic carbocycles. The minimum Gasteiger partial charge on any atom is -0.339 e. The SMILES string of the molecule is CNCC1CCN(C(=O)c2ccccc2C)CC1.Cl. The molecule has 0 bridgehead atoms. The molecular formula is C15H23ClN2O. The van der Waals surface area contributed by atoms with Gasteiger partial charge in [-0.15, -0.1) is 12.4 Å². The monoisotopic (exact) mass is 282 g/mol. The van der Waals surface area contributed by atoms with Crippen molar-refractivity contribution >= 4 is 18.3 Å². The van der Waals surface area contributed by atoms with Crippen LogP contribution in [-0.2, 0) is 0 Å². The van der Waals surface area contributed by atoms with Crippen molar-refractivity contribution in [1.82, 2.24) is 10.2 Å². The highest BCUT2D eigenvalue weighted by Gasteiger charge is 2.23. The minimum atomic E-state index is 0. The Hall–Kier alpha value is -1.06. The zero-order valence-corrected chi connectivity index (χ0v) is 12.5. The van der Waals surface area contributed by atoms with Gasteiger partial charge in [-0.1, -0.05) is 18.2 Å². The standard InChI is InChI=1S/C15H22N2O.ClH/c1-12-5-3-4-6-14(12)15(18)17-9-7-13(8-10-17)11-16-2;/h3-6,13,16H,7-11H2,1-2H3;1H. The second kappa shape index (κ2) is 7.51. The van der Waals surface area contributed by atoms with E-state index < -0.39 is 0 Å². The number of aryl methyl sites for hydroxylation is 1. The molecule has 1 aliphatic rings. The Kier molecular flexibility index (Phi) is 6.32. The Morgan fingerprint density at radius 3 is 2.53 bits per heavy atom. The van der Waals surface area contributed by atoms with Gasteiger partial charge in [0.1, 0.15) is 0 Å². The molecule has 1 fully saturated rings. The van der Waals surface area contributed by atoms with Gasteiger partial charge in [0, 0.05) is 18.7 Å². The van der Waals surface area contributed by atoms with E-state index in [4.69, 9.17) is 0 Å². The van der Waals surface area contributed by atoms with E-state index in [1.807, 2.05) is 43.1 Å². The van der Waals surface area contributed by atoms with Crippen LogP contribution in [0.25, 0.3) is 0 Å². The Morgan fingerprint density at radius 1 is 1.32 bits per heavy atom. The molecule has 0 radical (unpaired) electrons. The molecule has 1 N–H and O–H groups in total. The van der Waals surface area contributed by atoms with Crippen LogP contribution in [0.1, 0.15) is 28.8 Å². The molecule has 0 saturated carbocycles. The summed E-state index contributed by atoms with van der Waals surface area (Å²) in [4.78, 5) is 14.4. The third-order valence-electron chi connectivity index (χ3n) is 3.77. The third kappa shape index (κ3) is 3.95. The normalized spacial score (nSPS) is 16.0. The highest BCUT2D eigenvalue weighted by atomic mass is 35.5. The molecule has 1 aromatic rings. The second-order valence-corrected chi connectivity index (χ2v) is 5.11. The van der Waals surface area contributed by atoms with Gasteiger partial charge in [0.05, 0.1) is 0 Å². The summed E-state index contributed by atoms with van der Waals surface area (Å²) >= 11 is 0. The predicted molar refractivity (Wildman–Crippen MR) is 81.0 cm³/mol. The van der Waals surface area contributed by atoms with E-state index in [-0.39, 0.29) is 18.3 Å². The first-order valence-electron chi connectivity index (χ1n) is 6.72. The molecule has 1 aliphatic heterocycles. The summed E-state index contributed by atoms with van der Waals surface area (Å²) < 4.78 is 0. The van der Waals surface area contributed by atoms with Gasteiger partial charge in [0.15, 0.2) is 0 Å². The number of likely N-dealkylation sites (tertiary alicyclic amines) is 1. The van der Waals surface area contributed by atoms with Crippen LogP contribution in [0.4, 0.5) is 0 Å². The first kappa shape index (κ1) is 16.0. The van der Waals surface area contributed by atoms with Crippen LogP contribution in [-0.4, -0.2) is 37.5 Å². The van der Waals surface area contributed by atoms with Crippen molar-refractivity contribution in [1.29, 1.82) is 0 Å². The summed E-state index contributed by atoms with van der Waals surface area (Å²) in [6.07, 6.45) is 2.22. The number of carbonyl (C=O) groups excluding carboxylic acids is 1. The highest BCUT2D eigenvalue weighted by molar-refractivity contribution is 5.95. The maximum atomic E-state index is 12.4. The lowest BCUT2D eigenvalue weighted by atomic mass is 9.96. The molecule has 0 aromatic heterocycles. The molecule has 0 atom stereocenters. The van der Waals surface area contributed by atoms with E-state index in [9.17, 15) is 4.79 Å². The van der Waals surface area contributed by atoms with Crippen molar-refractivity contribution in [3.8, 4) is 0 Å². The van der Waals surface area contributed by atoms with E-state index in [2.05, 4.69) is 5.32 Å². The van der Waals surface area contributed by atoms with Gasteiger partial charge in [0.2, 0.25) is 0 Å². The molecule has 106 valence electrons. The third-order valence-corrected chi connectivity index (χ3v) is 3.77.